The average Bonchev–Trinajstić information content (AvgIpc) is 2.69. The van der Waals surface area contributed by atoms with Crippen LogP contribution in [0.2, 0.25) is 0 Å². The van der Waals surface area contributed by atoms with Gasteiger partial charge in [-0.1, -0.05) is 62.2 Å². The van der Waals surface area contributed by atoms with Crippen molar-refractivity contribution in [3.63, 3.8) is 0 Å². The Balaban J connectivity index is 1.63. The van der Waals surface area contributed by atoms with E-state index >= 15 is 0 Å². The molecular formula is C26H30N+. The smallest absolute Gasteiger partial charge is 0.200 e. The molecule has 1 aliphatic rings. The van der Waals surface area contributed by atoms with Crippen LogP contribution in [0.25, 0.3) is 22.4 Å². The van der Waals surface area contributed by atoms with Crippen molar-refractivity contribution in [2.75, 3.05) is 0 Å². The number of aryl methyl sites for hydroxylation is 2. The maximum atomic E-state index is 2.42. The second kappa shape index (κ2) is 7.68. The minimum atomic E-state index is 0.737. The van der Waals surface area contributed by atoms with Crippen LogP contribution in [0.3, 0.4) is 0 Å². The van der Waals surface area contributed by atoms with E-state index in [0.29, 0.717) is 0 Å². The molecule has 0 atom stereocenters. The van der Waals surface area contributed by atoms with Crippen molar-refractivity contribution < 1.29 is 4.57 Å². The molecule has 138 valence electrons. The Morgan fingerprint density at radius 2 is 1.59 bits per heavy atom. The quantitative estimate of drug-likeness (QED) is 0.475. The highest BCUT2D eigenvalue weighted by atomic mass is 14.9. The molecule has 0 amide bonds. The van der Waals surface area contributed by atoms with Gasteiger partial charge >= 0.3 is 0 Å². The lowest BCUT2D eigenvalue weighted by Crippen LogP contribution is -2.30. The molecule has 0 bridgehead atoms. The molecule has 27 heavy (non-hydrogen) atoms. The molecule has 2 aromatic carbocycles. The van der Waals surface area contributed by atoms with Crippen molar-refractivity contribution in [3.05, 3.63) is 78.0 Å². The van der Waals surface area contributed by atoms with Crippen LogP contribution in [-0.4, -0.2) is 0 Å². The first-order valence-corrected chi connectivity index (χ1v) is 10.3. The van der Waals surface area contributed by atoms with Crippen molar-refractivity contribution in [3.8, 4) is 22.4 Å². The normalized spacial score (nSPS) is 19.8. The second-order valence-corrected chi connectivity index (χ2v) is 8.31. The highest BCUT2D eigenvalue weighted by Gasteiger charge is 2.20. The van der Waals surface area contributed by atoms with Gasteiger partial charge in [-0.2, -0.15) is 0 Å². The van der Waals surface area contributed by atoms with Gasteiger partial charge < -0.3 is 0 Å². The van der Waals surface area contributed by atoms with Gasteiger partial charge in [-0.15, -0.1) is 0 Å². The van der Waals surface area contributed by atoms with E-state index in [4.69, 9.17) is 0 Å². The number of benzene rings is 2. The van der Waals surface area contributed by atoms with Gasteiger partial charge in [0.2, 0.25) is 5.69 Å². The summed E-state index contributed by atoms with van der Waals surface area (Å²) in [5.74, 6) is 1.64. The molecule has 4 rings (SSSR count). The summed E-state index contributed by atoms with van der Waals surface area (Å²) in [6, 6.07) is 22.4. The summed E-state index contributed by atoms with van der Waals surface area (Å²) in [6.45, 7) is 4.57. The highest BCUT2D eigenvalue weighted by molar-refractivity contribution is 5.66. The van der Waals surface area contributed by atoms with E-state index in [-0.39, 0.29) is 0 Å². The van der Waals surface area contributed by atoms with Gasteiger partial charge in [0.15, 0.2) is 6.20 Å². The van der Waals surface area contributed by atoms with E-state index in [0.717, 1.165) is 11.8 Å². The number of hydrogen-bond donors (Lipinski definition) is 0. The molecule has 1 fully saturated rings. The third-order valence-corrected chi connectivity index (χ3v) is 6.26. The van der Waals surface area contributed by atoms with Crippen LogP contribution in [-0.2, 0) is 7.05 Å². The minimum Gasteiger partial charge on any atom is -0.200 e. The van der Waals surface area contributed by atoms with E-state index in [2.05, 4.69) is 92.3 Å². The Bertz CT molecular complexity index is 932. The van der Waals surface area contributed by atoms with Crippen molar-refractivity contribution in [2.24, 2.45) is 13.0 Å². The molecule has 1 heteroatoms. The number of aromatic nitrogens is 1. The van der Waals surface area contributed by atoms with Crippen LogP contribution in [0.4, 0.5) is 0 Å². The summed E-state index contributed by atoms with van der Waals surface area (Å²) in [4.78, 5) is 0. The summed E-state index contributed by atoms with van der Waals surface area (Å²) in [6.07, 6.45) is 7.68. The molecule has 1 nitrogen and oxygen atoms in total. The topological polar surface area (TPSA) is 3.88 Å². The Kier molecular flexibility index (Phi) is 5.11. The van der Waals surface area contributed by atoms with Crippen LogP contribution < -0.4 is 4.57 Å². The summed E-state index contributed by atoms with van der Waals surface area (Å²) >= 11 is 0. The van der Waals surface area contributed by atoms with E-state index in [1.54, 1.807) is 0 Å². The molecule has 1 aromatic heterocycles. The van der Waals surface area contributed by atoms with Crippen molar-refractivity contribution in [2.45, 2.75) is 45.4 Å². The van der Waals surface area contributed by atoms with Gasteiger partial charge in [-0.3, -0.25) is 0 Å². The molecule has 0 N–H and O–H groups in total. The van der Waals surface area contributed by atoms with Gasteiger partial charge in [0.1, 0.15) is 7.05 Å². The molecule has 0 unspecified atom stereocenters. The molecule has 3 aromatic rings. The summed E-state index contributed by atoms with van der Waals surface area (Å²) in [5.41, 5.74) is 8.02. The van der Waals surface area contributed by atoms with E-state index < -0.39 is 0 Å². The van der Waals surface area contributed by atoms with Crippen molar-refractivity contribution in [1.29, 1.82) is 0 Å². The third kappa shape index (κ3) is 3.83. The third-order valence-electron chi connectivity index (χ3n) is 6.26. The fourth-order valence-corrected chi connectivity index (χ4v) is 4.48. The molecule has 0 saturated heterocycles. The summed E-state index contributed by atoms with van der Waals surface area (Å²) in [7, 11) is 2.15. The van der Waals surface area contributed by atoms with E-state index in [9.17, 15) is 0 Å². The van der Waals surface area contributed by atoms with Gasteiger partial charge in [0.25, 0.3) is 0 Å². The van der Waals surface area contributed by atoms with E-state index in [1.165, 1.54) is 59.2 Å². The molecular weight excluding hydrogens is 326 g/mol. The largest absolute Gasteiger partial charge is 0.212 e. The number of hydrogen-bond acceptors (Lipinski definition) is 0. The Morgan fingerprint density at radius 3 is 2.33 bits per heavy atom. The SMILES string of the molecule is Cc1ccccc1-c1ccc(-c2cccc(C3CCC(C)CC3)c2)c[n+]1C. The first-order chi connectivity index (χ1) is 13.1. The summed E-state index contributed by atoms with van der Waals surface area (Å²) in [5, 5.41) is 0. The molecule has 1 heterocycles. The monoisotopic (exact) mass is 356 g/mol. The zero-order chi connectivity index (χ0) is 18.8. The van der Waals surface area contributed by atoms with Crippen LogP contribution in [0.1, 0.15) is 49.7 Å². The Hall–Kier alpha value is -2.41. The molecule has 1 saturated carbocycles. The minimum absolute atomic E-state index is 0.737. The molecule has 0 spiro atoms. The molecule has 0 aliphatic heterocycles. The zero-order valence-electron chi connectivity index (χ0n) is 16.8. The van der Waals surface area contributed by atoms with Crippen LogP contribution in [0.15, 0.2) is 66.9 Å². The first kappa shape index (κ1) is 18.0. The standard InChI is InChI=1S/C26H30N/c1-19-11-13-21(14-12-19)22-8-6-9-23(17-22)24-15-16-26(27(3)18-24)25-10-5-4-7-20(25)2/h4-10,15-19,21H,11-14H2,1-3H3/q+1. The maximum absolute atomic E-state index is 2.42. The van der Waals surface area contributed by atoms with Gasteiger partial charge in [-0.25, -0.2) is 4.57 Å². The average molecular weight is 357 g/mol. The Labute approximate surface area is 163 Å². The summed E-state index contributed by atoms with van der Waals surface area (Å²) < 4.78 is 2.26. The Morgan fingerprint density at radius 1 is 0.815 bits per heavy atom. The van der Waals surface area contributed by atoms with Gasteiger partial charge in [0, 0.05) is 17.2 Å². The predicted molar refractivity (Wildman–Crippen MR) is 114 cm³/mol. The lowest BCUT2D eigenvalue weighted by atomic mass is 9.79. The number of pyridine rings is 1. The van der Waals surface area contributed by atoms with Crippen LogP contribution >= 0.6 is 0 Å². The van der Waals surface area contributed by atoms with Crippen molar-refractivity contribution >= 4 is 0 Å². The van der Waals surface area contributed by atoms with Gasteiger partial charge in [-0.05, 0) is 60.4 Å². The number of rotatable bonds is 3. The fourth-order valence-electron chi connectivity index (χ4n) is 4.48. The highest BCUT2D eigenvalue weighted by Crippen LogP contribution is 2.36. The molecule has 1 aliphatic carbocycles. The lowest BCUT2D eigenvalue weighted by molar-refractivity contribution is -0.659. The fraction of sp³-hybridized carbons (Fsp3) is 0.346. The lowest BCUT2D eigenvalue weighted by Gasteiger charge is -2.26. The second-order valence-electron chi connectivity index (χ2n) is 8.31. The van der Waals surface area contributed by atoms with E-state index in [1.807, 2.05) is 0 Å². The number of nitrogens with zero attached hydrogens (tertiary/aromatic N) is 1. The zero-order valence-corrected chi connectivity index (χ0v) is 16.8. The molecule has 0 radical (unpaired) electrons. The van der Waals surface area contributed by atoms with Gasteiger partial charge in [0.05, 0.1) is 0 Å². The van der Waals surface area contributed by atoms with Crippen LogP contribution in [0, 0.1) is 12.8 Å². The predicted octanol–water partition coefficient (Wildman–Crippen LogP) is 6.45. The van der Waals surface area contributed by atoms with Crippen LogP contribution in [0.5, 0.6) is 0 Å². The first-order valence-electron chi connectivity index (χ1n) is 10.3. The maximum Gasteiger partial charge on any atom is 0.212 e. The van der Waals surface area contributed by atoms with Crippen molar-refractivity contribution in [1.82, 2.24) is 0 Å².